The SMILES string of the molecule is Cc1cc(C)c2[nH]c(=O)c(CCC(=O)Nc3cc(C)on3)cc2c1. The molecule has 2 N–H and O–H groups in total. The maximum Gasteiger partial charge on any atom is 0.251 e. The zero-order valence-electron chi connectivity index (χ0n) is 13.9. The Bertz CT molecular complexity index is 969. The van der Waals surface area contributed by atoms with Crippen molar-refractivity contribution in [2.75, 3.05) is 5.32 Å². The third-order valence-electron chi connectivity index (χ3n) is 3.89. The van der Waals surface area contributed by atoms with Gasteiger partial charge in [0.2, 0.25) is 5.91 Å². The van der Waals surface area contributed by atoms with Gasteiger partial charge in [0.15, 0.2) is 5.82 Å². The lowest BCUT2D eigenvalue weighted by Crippen LogP contribution is -2.17. The molecule has 0 unspecified atom stereocenters. The van der Waals surface area contributed by atoms with Gasteiger partial charge >= 0.3 is 0 Å². The smallest absolute Gasteiger partial charge is 0.251 e. The molecule has 0 radical (unpaired) electrons. The number of hydrogen-bond acceptors (Lipinski definition) is 4. The summed E-state index contributed by atoms with van der Waals surface area (Å²) in [7, 11) is 0. The number of hydrogen-bond donors (Lipinski definition) is 2. The predicted octanol–water partition coefficient (Wildman–Crippen LogP) is 3.01. The van der Waals surface area contributed by atoms with E-state index < -0.39 is 0 Å². The van der Waals surface area contributed by atoms with Crippen LogP contribution in [0.1, 0.15) is 28.9 Å². The number of carbonyl (C=O) groups is 1. The molecule has 0 saturated heterocycles. The fraction of sp³-hybridized carbons (Fsp3) is 0.278. The summed E-state index contributed by atoms with van der Waals surface area (Å²) in [6.07, 6.45) is 0.562. The predicted molar refractivity (Wildman–Crippen MR) is 92.2 cm³/mol. The zero-order valence-corrected chi connectivity index (χ0v) is 13.9. The van der Waals surface area contributed by atoms with E-state index >= 15 is 0 Å². The van der Waals surface area contributed by atoms with E-state index in [0.29, 0.717) is 23.6 Å². The van der Waals surface area contributed by atoms with Crippen LogP contribution in [0.15, 0.2) is 33.6 Å². The van der Waals surface area contributed by atoms with Gasteiger partial charge in [-0.05, 0) is 50.3 Å². The van der Waals surface area contributed by atoms with Gasteiger partial charge in [-0.3, -0.25) is 9.59 Å². The van der Waals surface area contributed by atoms with Crippen LogP contribution in [0.3, 0.4) is 0 Å². The van der Waals surface area contributed by atoms with Crippen LogP contribution >= 0.6 is 0 Å². The lowest BCUT2D eigenvalue weighted by Gasteiger charge is -2.07. The Morgan fingerprint density at radius 3 is 2.71 bits per heavy atom. The van der Waals surface area contributed by atoms with Crippen molar-refractivity contribution in [2.45, 2.75) is 33.6 Å². The van der Waals surface area contributed by atoms with E-state index in [4.69, 9.17) is 4.52 Å². The van der Waals surface area contributed by atoms with Crippen LogP contribution in [0.25, 0.3) is 10.9 Å². The van der Waals surface area contributed by atoms with Gasteiger partial charge in [-0.25, -0.2) is 0 Å². The average molecular weight is 325 g/mol. The minimum absolute atomic E-state index is 0.153. The number of rotatable bonds is 4. The van der Waals surface area contributed by atoms with Crippen LogP contribution in [0.2, 0.25) is 0 Å². The number of fused-ring (bicyclic) bond motifs is 1. The molecule has 6 nitrogen and oxygen atoms in total. The van der Waals surface area contributed by atoms with Crippen molar-refractivity contribution in [1.29, 1.82) is 0 Å². The summed E-state index contributed by atoms with van der Waals surface area (Å²) >= 11 is 0. The van der Waals surface area contributed by atoms with E-state index in [0.717, 1.165) is 22.0 Å². The molecule has 24 heavy (non-hydrogen) atoms. The van der Waals surface area contributed by atoms with Gasteiger partial charge in [0, 0.05) is 18.1 Å². The van der Waals surface area contributed by atoms with Gasteiger partial charge in [0.25, 0.3) is 5.56 Å². The number of anilines is 1. The maximum atomic E-state index is 12.2. The van der Waals surface area contributed by atoms with E-state index in [1.54, 1.807) is 13.0 Å². The first kappa shape index (κ1) is 16.0. The highest BCUT2D eigenvalue weighted by atomic mass is 16.5. The van der Waals surface area contributed by atoms with Gasteiger partial charge in [-0.1, -0.05) is 16.8 Å². The summed E-state index contributed by atoms with van der Waals surface area (Å²) in [5.41, 5.74) is 3.46. The molecule has 1 aromatic carbocycles. The highest BCUT2D eigenvalue weighted by Crippen LogP contribution is 2.18. The summed E-state index contributed by atoms with van der Waals surface area (Å²) in [6.45, 7) is 5.74. The van der Waals surface area contributed by atoms with Crippen LogP contribution in [0.5, 0.6) is 0 Å². The normalized spacial score (nSPS) is 11.0. The van der Waals surface area contributed by atoms with Crippen LogP contribution in [0.4, 0.5) is 5.82 Å². The number of carbonyl (C=O) groups excluding carboxylic acids is 1. The van der Waals surface area contributed by atoms with Gasteiger partial charge in [0.1, 0.15) is 5.76 Å². The molecule has 0 spiro atoms. The highest BCUT2D eigenvalue weighted by Gasteiger charge is 2.10. The minimum Gasteiger partial charge on any atom is -0.360 e. The van der Waals surface area contributed by atoms with Crippen molar-refractivity contribution in [1.82, 2.24) is 10.1 Å². The Labute approximate surface area is 138 Å². The summed E-state index contributed by atoms with van der Waals surface area (Å²) < 4.78 is 4.90. The number of aryl methyl sites for hydroxylation is 4. The zero-order chi connectivity index (χ0) is 17.3. The molecule has 2 heterocycles. The molecule has 1 amide bonds. The molecule has 3 aromatic rings. The second-order valence-corrected chi connectivity index (χ2v) is 6.04. The molecule has 0 fully saturated rings. The van der Waals surface area contributed by atoms with Crippen molar-refractivity contribution < 1.29 is 9.32 Å². The van der Waals surface area contributed by atoms with Crippen molar-refractivity contribution in [3.63, 3.8) is 0 Å². The molecule has 0 aliphatic rings. The van der Waals surface area contributed by atoms with Crippen molar-refractivity contribution in [3.05, 3.63) is 57.1 Å². The van der Waals surface area contributed by atoms with Gasteiger partial charge in [0.05, 0.1) is 5.52 Å². The first-order valence-electron chi connectivity index (χ1n) is 7.79. The summed E-state index contributed by atoms with van der Waals surface area (Å²) in [5.74, 6) is 0.807. The maximum absolute atomic E-state index is 12.2. The quantitative estimate of drug-likeness (QED) is 0.772. The van der Waals surface area contributed by atoms with Crippen molar-refractivity contribution >= 4 is 22.6 Å². The minimum atomic E-state index is -0.205. The molecule has 0 saturated carbocycles. The van der Waals surface area contributed by atoms with Crippen LogP contribution in [-0.4, -0.2) is 16.0 Å². The van der Waals surface area contributed by atoms with E-state index in [2.05, 4.69) is 15.5 Å². The fourth-order valence-corrected chi connectivity index (χ4v) is 2.80. The first-order chi connectivity index (χ1) is 11.4. The Morgan fingerprint density at radius 1 is 1.21 bits per heavy atom. The van der Waals surface area contributed by atoms with E-state index in [-0.39, 0.29) is 17.9 Å². The van der Waals surface area contributed by atoms with E-state index in [1.165, 1.54) is 0 Å². The van der Waals surface area contributed by atoms with Gasteiger partial charge < -0.3 is 14.8 Å². The molecule has 0 atom stereocenters. The molecule has 0 aliphatic heterocycles. The molecule has 0 aliphatic carbocycles. The first-order valence-corrected chi connectivity index (χ1v) is 7.79. The molecule has 2 aromatic heterocycles. The lowest BCUT2D eigenvalue weighted by molar-refractivity contribution is -0.116. The molecule has 6 heteroatoms. The number of nitrogens with one attached hydrogen (secondary N) is 2. The van der Waals surface area contributed by atoms with Crippen LogP contribution in [0, 0.1) is 20.8 Å². The second-order valence-electron chi connectivity index (χ2n) is 6.04. The number of amides is 1. The molecular formula is C18H19N3O3. The van der Waals surface area contributed by atoms with Crippen LogP contribution < -0.4 is 10.9 Å². The second kappa shape index (κ2) is 6.31. The number of aromatic nitrogens is 2. The van der Waals surface area contributed by atoms with Gasteiger partial charge in [-0.15, -0.1) is 0 Å². The Kier molecular flexibility index (Phi) is 4.20. The Hall–Kier alpha value is -2.89. The largest absolute Gasteiger partial charge is 0.360 e. The number of pyridine rings is 1. The van der Waals surface area contributed by atoms with Crippen molar-refractivity contribution in [2.24, 2.45) is 0 Å². The summed E-state index contributed by atoms with van der Waals surface area (Å²) in [5, 5.41) is 7.35. The number of nitrogens with zero attached hydrogens (tertiary/aromatic N) is 1. The van der Waals surface area contributed by atoms with E-state index in [1.807, 2.05) is 32.0 Å². The number of aromatic amines is 1. The number of benzene rings is 1. The lowest BCUT2D eigenvalue weighted by atomic mass is 10.0. The van der Waals surface area contributed by atoms with Crippen molar-refractivity contribution in [3.8, 4) is 0 Å². The monoisotopic (exact) mass is 325 g/mol. The summed E-state index contributed by atoms with van der Waals surface area (Å²) in [6, 6.07) is 7.57. The Morgan fingerprint density at radius 2 is 2.00 bits per heavy atom. The topological polar surface area (TPSA) is 88.0 Å². The standard InChI is InChI=1S/C18H19N3O3/c1-10-6-11(2)17-14(7-10)9-13(18(23)20-17)4-5-16(22)19-15-8-12(3)24-21-15/h6-9H,4-5H2,1-3H3,(H,20,23)(H,19,21,22). The fourth-order valence-electron chi connectivity index (χ4n) is 2.80. The van der Waals surface area contributed by atoms with Crippen LogP contribution in [-0.2, 0) is 11.2 Å². The molecule has 3 rings (SSSR count). The molecule has 0 bridgehead atoms. The molecule has 124 valence electrons. The van der Waals surface area contributed by atoms with Gasteiger partial charge in [-0.2, -0.15) is 0 Å². The third-order valence-corrected chi connectivity index (χ3v) is 3.89. The highest BCUT2D eigenvalue weighted by molar-refractivity contribution is 5.90. The summed E-state index contributed by atoms with van der Waals surface area (Å²) in [4.78, 5) is 27.1. The third kappa shape index (κ3) is 3.37. The molecular weight excluding hydrogens is 306 g/mol. The number of H-pyrrole nitrogens is 1. The van der Waals surface area contributed by atoms with E-state index in [9.17, 15) is 9.59 Å². The average Bonchev–Trinajstić information content (AvgIpc) is 2.91. The Balaban J connectivity index is 1.76.